The van der Waals surface area contributed by atoms with Crippen LogP contribution < -0.4 is 10.6 Å². The van der Waals surface area contributed by atoms with Gasteiger partial charge in [-0.2, -0.15) is 0 Å². The fourth-order valence-corrected chi connectivity index (χ4v) is 2.38. The molecule has 19 heavy (non-hydrogen) atoms. The zero-order chi connectivity index (χ0) is 14.0. The van der Waals surface area contributed by atoms with E-state index in [1.165, 1.54) is 11.1 Å². The van der Waals surface area contributed by atoms with E-state index in [9.17, 15) is 4.79 Å². The van der Waals surface area contributed by atoms with Crippen LogP contribution in [0.1, 0.15) is 18.1 Å². The van der Waals surface area contributed by atoms with Crippen molar-refractivity contribution < 1.29 is 4.79 Å². The Balaban J connectivity index is 2.11. The van der Waals surface area contributed by atoms with Gasteiger partial charge in [0, 0.05) is 31.4 Å². The minimum absolute atomic E-state index is 0.162. The molecule has 1 aromatic rings. The lowest BCUT2D eigenvalue weighted by Crippen LogP contribution is -2.54. The van der Waals surface area contributed by atoms with Crippen LogP contribution in [0.4, 0.5) is 5.69 Å². The molecule has 0 radical (unpaired) electrons. The number of piperazine rings is 1. The Hall–Kier alpha value is -1.39. The fraction of sp³-hybridized carbons (Fsp3) is 0.533. The third-order valence-corrected chi connectivity index (χ3v) is 4.02. The number of aryl methyl sites for hydroxylation is 2. The van der Waals surface area contributed by atoms with Crippen LogP contribution in [-0.2, 0) is 4.79 Å². The third kappa shape index (κ3) is 2.96. The van der Waals surface area contributed by atoms with Crippen molar-refractivity contribution in [1.29, 1.82) is 0 Å². The van der Waals surface area contributed by atoms with E-state index in [-0.39, 0.29) is 11.9 Å². The summed E-state index contributed by atoms with van der Waals surface area (Å²) in [4.78, 5) is 16.3. The molecule has 1 aliphatic rings. The first kappa shape index (κ1) is 14.0. The molecule has 2 N–H and O–H groups in total. The SMILES string of the molecule is Cc1ccc(N2CCN(C(C)CN)CC2=O)cc1C. The van der Waals surface area contributed by atoms with Crippen molar-refractivity contribution in [2.45, 2.75) is 26.8 Å². The molecule has 104 valence electrons. The lowest BCUT2D eigenvalue weighted by atomic mass is 10.1. The number of carbonyl (C=O) groups excluding carboxylic acids is 1. The summed E-state index contributed by atoms with van der Waals surface area (Å²) in [6, 6.07) is 6.47. The summed E-state index contributed by atoms with van der Waals surface area (Å²) in [7, 11) is 0. The van der Waals surface area contributed by atoms with Gasteiger partial charge in [-0.15, -0.1) is 0 Å². The molecule has 1 fully saturated rings. The molecule has 4 nitrogen and oxygen atoms in total. The summed E-state index contributed by atoms with van der Waals surface area (Å²) in [6.45, 7) is 8.92. The maximum absolute atomic E-state index is 12.3. The van der Waals surface area contributed by atoms with Crippen LogP contribution in [0.2, 0.25) is 0 Å². The van der Waals surface area contributed by atoms with Gasteiger partial charge >= 0.3 is 0 Å². The monoisotopic (exact) mass is 261 g/mol. The van der Waals surface area contributed by atoms with Crippen LogP contribution in [0.25, 0.3) is 0 Å². The van der Waals surface area contributed by atoms with Crippen molar-refractivity contribution in [2.24, 2.45) is 5.73 Å². The summed E-state index contributed by atoms with van der Waals surface area (Å²) < 4.78 is 0. The molecule has 4 heteroatoms. The van der Waals surface area contributed by atoms with Gasteiger partial charge in [0.05, 0.1) is 6.54 Å². The number of hydrogen-bond donors (Lipinski definition) is 1. The predicted molar refractivity (Wildman–Crippen MR) is 78.4 cm³/mol. The van der Waals surface area contributed by atoms with Crippen LogP contribution in [0, 0.1) is 13.8 Å². The zero-order valence-electron chi connectivity index (χ0n) is 12.0. The Labute approximate surface area is 115 Å². The fourth-order valence-electron chi connectivity index (χ4n) is 2.38. The lowest BCUT2D eigenvalue weighted by molar-refractivity contribution is -0.121. The van der Waals surface area contributed by atoms with E-state index in [4.69, 9.17) is 5.73 Å². The number of nitrogens with zero attached hydrogens (tertiary/aromatic N) is 2. The predicted octanol–water partition coefficient (Wildman–Crippen LogP) is 1.30. The highest BCUT2D eigenvalue weighted by Crippen LogP contribution is 2.21. The summed E-state index contributed by atoms with van der Waals surface area (Å²) in [5.74, 6) is 0.162. The van der Waals surface area contributed by atoms with Crippen molar-refractivity contribution in [3.8, 4) is 0 Å². The van der Waals surface area contributed by atoms with Gasteiger partial charge in [-0.05, 0) is 44.0 Å². The van der Waals surface area contributed by atoms with Crippen molar-refractivity contribution in [3.05, 3.63) is 29.3 Å². The van der Waals surface area contributed by atoms with Crippen LogP contribution in [-0.4, -0.2) is 43.0 Å². The Morgan fingerprint density at radius 3 is 2.58 bits per heavy atom. The largest absolute Gasteiger partial charge is 0.329 e. The van der Waals surface area contributed by atoms with E-state index >= 15 is 0 Å². The van der Waals surface area contributed by atoms with E-state index in [2.05, 4.69) is 37.8 Å². The second kappa shape index (κ2) is 5.72. The highest BCUT2D eigenvalue weighted by molar-refractivity contribution is 5.95. The summed E-state index contributed by atoms with van der Waals surface area (Å²) >= 11 is 0. The van der Waals surface area contributed by atoms with E-state index in [0.717, 1.165) is 18.8 Å². The molecule has 1 atom stereocenters. The van der Waals surface area contributed by atoms with Gasteiger partial charge in [0.1, 0.15) is 0 Å². The molecule has 0 aliphatic carbocycles. The summed E-state index contributed by atoms with van der Waals surface area (Å²) in [6.07, 6.45) is 0. The van der Waals surface area contributed by atoms with Gasteiger partial charge in [0.25, 0.3) is 0 Å². The Kier molecular flexibility index (Phi) is 4.22. The molecular formula is C15H23N3O. The van der Waals surface area contributed by atoms with E-state index in [1.807, 2.05) is 11.0 Å². The average Bonchev–Trinajstić information content (AvgIpc) is 2.41. The van der Waals surface area contributed by atoms with Gasteiger partial charge in [-0.3, -0.25) is 9.69 Å². The van der Waals surface area contributed by atoms with Gasteiger partial charge < -0.3 is 10.6 Å². The molecule has 1 aromatic carbocycles. The molecule has 1 amide bonds. The Morgan fingerprint density at radius 1 is 1.26 bits per heavy atom. The van der Waals surface area contributed by atoms with Crippen molar-refractivity contribution in [2.75, 3.05) is 31.1 Å². The molecule has 0 saturated carbocycles. The number of nitrogens with two attached hydrogens (primary N) is 1. The number of anilines is 1. The van der Waals surface area contributed by atoms with Gasteiger partial charge in [0.15, 0.2) is 0 Å². The minimum atomic E-state index is 0.162. The first-order valence-corrected chi connectivity index (χ1v) is 6.84. The Morgan fingerprint density at radius 2 is 2.00 bits per heavy atom. The maximum Gasteiger partial charge on any atom is 0.241 e. The first-order valence-electron chi connectivity index (χ1n) is 6.84. The van der Waals surface area contributed by atoms with E-state index in [0.29, 0.717) is 13.1 Å². The number of hydrogen-bond acceptors (Lipinski definition) is 3. The second-order valence-electron chi connectivity index (χ2n) is 5.37. The summed E-state index contributed by atoms with van der Waals surface area (Å²) in [5.41, 5.74) is 9.15. The summed E-state index contributed by atoms with van der Waals surface area (Å²) in [5, 5.41) is 0. The topological polar surface area (TPSA) is 49.6 Å². The number of amides is 1. The highest BCUT2D eigenvalue weighted by Gasteiger charge is 2.27. The van der Waals surface area contributed by atoms with Crippen molar-refractivity contribution in [1.82, 2.24) is 4.90 Å². The number of carbonyl (C=O) groups is 1. The second-order valence-corrected chi connectivity index (χ2v) is 5.37. The molecule has 1 heterocycles. The highest BCUT2D eigenvalue weighted by atomic mass is 16.2. The normalized spacial score (nSPS) is 18.7. The smallest absolute Gasteiger partial charge is 0.241 e. The van der Waals surface area contributed by atoms with Crippen molar-refractivity contribution in [3.63, 3.8) is 0 Å². The molecule has 2 rings (SSSR count). The standard InChI is InChI=1S/C15H23N3O/c1-11-4-5-14(8-12(11)2)18-7-6-17(10-15(18)19)13(3)9-16/h4-5,8,13H,6-7,9-10,16H2,1-3H3. The molecular weight excluding hydrogens is 238 g/mol. The van der Waals surface area contributed by atoms with Gasteiger partial charge in [-0.1, -0.05) is 6.07 Å². The van der Waals surface area contributed by atoms with Crippen molar-refractivity contribution >= 4 is 11.6 Å². The van der Waals surface area contributed by atoms with Crippen LogP contribution in [0.15, 0.2) is 18.2 Å². The van der Waals surface area contributed by atoms with Crippen LogP contribution in [0.5, 0.6) is 0 Å². The van der Waals surface area contributed by atoms with Gasteiger partial charge in [0.2, 0.25) is 5.91 Å². The molecule has 1 saturated heterocycles. The van der Waals surface area contributed by atoms with Crippen LogP contribution in [0.3, 0.4) is 0 Å². The average molecular weight is 261 g/mol. The van der Waals surface area contributed by atoms with E-state index in [1.54, 1.807) is 0 Å². The minimum Gasteiger partial charge on any atom is -0.329 e. The Bertz CT molecular complexity index is 472. The van der Waals surface area contributed by atoms with E-state index < -0.39 is 0 Å². The van der Waals surface area contributed by atoms with Gasteiger partial charge in [-0.25, -0.2) is 0 Å². The van der Waals surface area contributed by atoms with Crippen LogP contribution >= 0.6 is 0 Å². The molecule has 1 unspecified atom stereocenters. The molecule has 0 spiro atoms. The third-order valence-electron chi connectivity index (χ3n) is 4.02. The zero-order valence-corrected chi connectivity index (χ0v) is 12.0. The first-order chi connectivity index (χ1) is 9.02. The molecule has 0 aromatic heterocycles. The number of rotatable bonds is 3. The lowest BCUT2D eigenvalue weighted by Gasteiger charge is -2.37. The quantitative estimate of drug-likeness (QED) is 0.892. The number of benzene rings is 1. The molecule has 0 bridgehead atoms. The maximum atomic E-state index is 12.3. The molecule has 1 aliphatic heterocycles.